The van der Waals surface area contributed by atoms with Gasteiger partial charge in [0.15, 0.2) is 11.5 Å². The number of nitrogens with zero attached hydrogens (tertiary/aromatic N) is 1. The zero-order valence-electron chi connectivity index (χ0n) is 16.1. The lowest BCUT2D eigenvalue weighted by Crippen LogP contribution is -2.29. The molecule has 7 nitrogen and oxygen atoms in total. The topological polar surface area (TPSA) is 100 Å². The summed E-state index contributed by atoms with van der Waals surface area (Å²) in [5, 5.41) is 20.9. The van der Waals surface area contributed by atoms with Crippen molar-refractivity contribution in [2.24, 2.45) is 0 Å². The number of aromatic hydroxyl groups is 1. The molecule has 2 heterocycles. The van der Waals surface area contributed by atoms with E-state index >= 15 is 0 Å². The summed E-state index contributed by atoms with van der Waals surface area (Å²) in [4.78, 5) is 27.2. The van der Waals surface area contributed by atoms with E-state index in [4.69, 9.17) is 9.15 Å². The van der Waals surface area contributed by atoms with Crippen molar-refractivity contribution in [3.63, 3.8) is 0 Å². The first-order valence-electron chi connectivity index (χ1n) is 9.24. The van der Waals surface area contributed by atoms with Crippen LogP contribution < -0.4 is 4.74 Å². The number of hydrogen-bond acceptors (Lipinski definition) is 6. The van der Waals surface area contributed by atoms with Crippen molar-refractivity contribution in [1.29, 1.82) is 0 Å². The van der Waals surface area contributed by atoms with Gasteiger partial charge in [0.2, 0.25) is 0 Å². The van der Waals surface area contributed by atoms with Gasteiger partial charge in [-0.1, -0.05) is 36.4 Å². The molecular weight excluding hydrogens is 386 g/mol. The Bertz CT molecular complexity index is 1120. The molecule has 1 aliphatic heterocycles. The van der Waals surface area contributed by atoms with Crippen LogP contribution in [-0.2, 0) is 16.1 Å². The molecule has 0 saturated carbocycles. The van der Waals surface area contributed by atoms with Crippen LogP contribution in [0.3, 0.4) is 0 Å². The van der Waals surface area contributed by atoms with Gasteiger partial charge in [0.05, 0.1) is 31.5 Å². The predicted molar refractivity (Wildman–Crippen MR) is 108 cm³/mol. The van der Waals surface area contributed by atoms with Gasteiger partial charge in [-0.05, 0) is 29.8 Å². The molecule has 0 aliphatic carbocycles. The third-order valence-electron chi connectivity index (χ3n) is 5.01. The Balaban J connectivity index is 1.89. The number of aliphatic hydroxyl groups excluding tert-OH is 1. The number of furan rings is 1. The van der Waals surface area contributed by atoms with Crippen LogP contribution in [0.5, 0.6) is 11.5 Å². The number of amides is 1. The highest BCUT2D eigenvalue weighted by atomic mass is 16.5. The summed E-state index contributed by atoms with van der Waals surface area (Å²) in [5.74, 6) is -1.20. The van der Waals surface area contributed by atoms with Crippen molar-refractivity contribution in [1.82, 2.24) is 4.90 Å². The van der Waals surface area contributed by atoms with E-state index in [0.717, 1.165) is 0 Å². The maximum Gasteiger partial charge on any atom is 0.296 e. The van der Waals surface area contributed by atoms with Crippen molar-refractivity contribution in [2.75, 3.05) is 7.11 Å². The Morgan fingerprint density at radius 3 is 2.53 bits per heavy atom. The number of hydrogen-bond donors (Lipinski definition) is 2. The molecule has 1 amide bonds. The Hall–Kier alpha value is -4.00. The first-order chi connectivity index (χ1) is 14.5. The van der Waals surface area contributed by atoms with E-state index in [-0.39, 0.29) is 29.4 Å². The number of aliphatic hydroxyl groups is 1. The van der Waals surface area contributed by atoms with Crippen LogP contribution >= 0.6 is 0 Å². The fraction of sp³-hybridized carbons (Fsp3) is 0.130. The number of Topliss-reactive ketones (excluding diaryl/α,β-unsaturated/α-hetero) is 1. The number of phenolic OH excluding ortho intramolecular Hbond substituents is 1. The normalized spacial score (nSPS) is 18.0. The smallest absolute Gasteiger partial charge is 0.296 e. The molecule has 3 aromatic rings. The number of phenols is 1. The van der Waals surface area contributed by atoms with E-state index in [9.17, 15) is 19.8 Å². The van der Waals surface area contributed by atoms with Crippen LogP contribution in [-0.4, -0.2) is 33.9 Å². The molecule has 7 heteroatoms. The second kappa shape index (κ2) is 7.79. The number of benzene rings is 2. The van der Waals surface area contributed by atoms with Gasteiger partial charge in [-0.15, -0.1) is 0 Å². The van der Waals surface area contributed by atoms with Crippen LogP contribution in [0.25, 0.3) is 5.76 Å². The van der Waals surface area contributed by atoms with Crippen molar-refractivity contribution in [3.8, 4) is 11.5 Å². The average molecular weight is 405 g/mol. The molecule has 2 N–H and O–H groups in total. The summed E-state index contributed by atoms with van der Waals surface area (Å²) in [6, 6.07) is 15.6. The Labute approximate surface area is 172 Å². The van der Waals surface area contributed by atoms with Gasteiger partial charge in [0.25, 0.3) is 11.7 Å². The average Bonchev–Trinajstić information content (AvgIpc) is 3.37. The lowest BCUT2D eigenvalue weighted by Gasteiger charge is -2.25. The number of likely N-dealkylation sites (tertiary alicyclic amines) is 1. The van der Waals surface area contributed by atoms with Crippen molar-refractivity contribution in [2.45, 2.75) is 12.6 Å². The predicted octanol–water partition coefficient (Wildman–Crippen LogP) is 3.62. The molecule has 0 bridgehead atoms. The Morgan fingerprint density at radius 1 is 1.10 bits per heavy atom. The summed E-state index contributed by atoms with van der Waals surface area (Å²) in [7, 11) is 1.41. The Morgan fingerprint density at radius 2 is 1.87 bits per heavy atom. The minimum absolute atomic E-state index is 0.0366. The number of methoxy groups -OCH3 is 1. The van der Waals surface area contributed by atoms with E-state index in [1.807, 2.05) is 0 Å². The van der Waals surface area contributed by atoms with Crippen LogP contribution in [0, 0.1) is 0 Å². The summed E-state index contributed by atoms with van der Waals surface area (Å²) >= 11 is 0. The molecule has 2 aromatic carbocycles. The third-order valence-corrected chi connectivity index (χ3v) is 5.01. The fourth-order valence-electron chi connectivity index (χ4n) is 3.58. The minimum Gasteiger partial charge on any atom is -0.507 e. The van der Waals surface area contributed by atoms with Crippen molar-refractivity contribution < 1.29 is 29.0 Å². The van der Waals surface area contributed by atoms with Crippen molar-refractivity contribution in [3.05, 3.63) is 89.4 Å². The molecule has 0 radical (unpaired) electrons. The van der Waals surface area contributed by atoms with E-state index in [2.05, 4.69) is 0 Å². The molecule has 4 rings (SSSR count). The lowest BCUT2D eigenvalue weighted by atomic mass is 9.95. The first-order valence-corrected chi connectivity index (χ1v) is 9.24. The molecule has 1 aliphatic rings. The quantitative estimate of drug-likeness (QED) is 0.382. The second-order valence-corrected chi connectivity index (χ2v) is 6.80. The SMILES string of the molecule is COc1cc(C2/C(=C(/O)c3ccccc3)C(=O)C(=O)N2Cc2ccco2)ccc1O. The molecule has 1 fully saturated rings. The summed E-state index contributed by atoms with van der Waals surface area (Å²) in [5.41, 5.74) is 0.891. The van der Waals surface area contributed by atoms with Crippen LogP contribution in [0.4, 0.5) is 0 Å². The molecule has 1 saturated heterocycles. The number of carbonyl (C=O) groups excluding carboxylic acids is 2. The highest BCUT2D eigenvalue weighted by Gasteiger charge is 2.46. The lowest BCUT2D eigenvalue weighted by molar-refractivity contribution is -0.140. The number of carbonyl (C=O) groups is 2. The zero-order valence-corrected chi connectivity index (χ0v) is 16.1. The maximum absolute atomic E-state index is 12.9. The zero-order chi connectivity index (χ0) is 21.3. The highest BCUT2D eigenvalue weighted by Crippen LogP contribution is 2.42. The van der Waals surface area contributed by atoms with Gasteiger partial charge in [0, 0.05) is 5.56 Å². The first kappa shape index (κ1) is 19.3. The van der Waals surface area contributed by atoms with Gasteiger partial charge in [-0.3, -0.25) is 9.59 Å². The fourth-order valence-corrected chi connectivity index (χ4v) is 3.58. The van der Waals surface area contributed by atoms with Crippen LogP contribution in [0.1, 0.15) is 22.9 Å². The summed E-state index contributed by atoms with van der Waals surface area (Å²) in [6.07, 6.45) is 1.48. The maximum atomic E-state index is 12.9. The number of ketones is 1. The molecule has 30 heavy (non-hydrogen) atoms. The third kappa shape index (κ3) is 3.30. The minimum atomic E-state index is -0.884. The standard InChI is InChI=1S/C23H19NO6/c1-29-18-12-15(9-10-17(18)25)20-19(21(26)14-6-3-2-4-7-14)22(27)23(28)24(20)13-16-8-5-11-30-16/h2-12,20,25-26H,13H2,1H3/b21-19-. The van der Waals surface area contributed by atoms with Gasteiger partial charge < -0.3 is 24.3 Å². The molecule has 1 atom stereocenters. The molecule has 1 aromatic heterocycles. The monoisotopic (exact) mass is 405 g/mol. The van der Waals surface area contributed by atoms with E-state index < -0.39 is 17.7 Å². The van der Waals surface area contributed by atoms with E-state index in [1.54, 1.807) is 54.6 Å². The number of ether oxygens (including phenoxy) is 1. The van der Waals surface area contributed by atoms with Gasteiger partial charge in [-0.2, -0.15) is 0 Å². The van der Waals surface area contributed by atoms with Crippen LogP contribution in [0.2, 0.25) is 0 Å². The molecule has 1 unspecified atom stereocenters. The van der Waals surface area contributed by atoms with E-state index in [0.29, 0.717) is 16.9 Å². The highest BCUT2D eigenvalue weighted by molar-refractivity contribution is 6.46. The van der Waals surface area contributed by atoms with Crippen LogP contribution in [0.15, 0.2) is 76.9 Å². The second-order valence-electron chi connectivity index (χ2n) is 6.80. The molecule has 152 valence electrons. The Kier molecular flexibility index (Phi) is 5.02. The van der Waals surface area contributed by atoms with Gasteiger partial charge >= 0.3 is 0 Å². The number of rotatable bonds is 5. The van der Waals surface area contributed by atoms with E-state index in [1.165, 1.54) is 24.3 Å². The summed E-state index contributed by atoms with van der Waals surface area (Å²) in [6.45, 7) is 0.0387. The molecule has 0 spiro atoms. The van der Waals surface area contributed by atoms with Gasteiger partial charge in [0.1, 0.15) is 11.5 Å². The summed E-state index contributed by atoms with van der Waals surface area (Å²) < 4.78 is 10.5. The van der Waals surface area contributed by atoms with Crippen molar-refractivity contribution >= 4 is 17.4 Å². The van der Waals surface area contributed by atoms with Gasteiger partial charge in [-0.25, -0.2) is 0 Å². The molecular formula is C23H19NO6. The largest absolute Gasteiger partial charge is 0.507 e.